The SMILES string of the molecule is Cc1ccc(C(N)C2COCCO2)c(C)c1. The summed E-state index contributed by atoms with van der Waals surface area (Å²) in [6.45, 7) is 6.09. The van der Waals surface area contributed by atoms with Crippen LogP contribution >= 0.6 is 0 Å². The van der Waals surface area contributed by atoms with E-state index in [2.05, 4.69) is 32.0 Å². The van der Waals surface area contributed by atoms with Gasteiger partial charge in [0.25, 0.3) is 0 Å². The monoisotopic (exact) mass is 221 g/mol. The van der Waals surface area contributed by atoms with Crippen molar-refractivity contribution in [2.45, 2.75) is 26.0 Å². The summed E-state index contributed by atoms with van der Waals surface area (Å²) in [5.41, 5.74) is 9.85. The quantitative estimate of drug-likeness (QED) is 0.827. The standard InChI is InChI=1S/C13H19NO2/c1-9-3-4-11(10(2)7-9)13(14)12-8-15-5-6-16-12/h3-4,7,12-13H,5-6,8,14H2,1-2H3. The molecule has 16 heavy (non-hydrogen) atoms. The second-order valence-electron chi connectivity index (χ2n) is 4.37. The summed E-state index contributed by atoms with van der Waals surface area (Å²) >= 11 is 0. The Morgan fingerprint density at radius 3 is 2.75 bits per heavy atom. The van der Waals surface area contributed by atoms with E-state index in [9.17, 15) is 0 Å². The molecule has 1 aromatic rings. The van der Waals surface area contributed by atoms with Crippen molar-refractivity contribution in [3.63, 3.8) is 0 Å². The smallest absolute Gasteiger partial charge is 0.100 e. The first-order valence-electron chi connectivity index (χ1n) is 5.70. The van der Waals surface area contributed by atoms with Gasteiger partial charge in [-0.2, -0.15) is 0 Å². The van der Waals surface area contributed by atoms with E-state index in [0.717, 1.165) is 5.56 Å². The second kappa shape index (κ2) is 4.95. The Bertz CT molecular complexity index is 359. The van der Waals surface area contributed by atoms with Crippen molar-refractivity contribution in [1.29, 1.82) is 0 Å². The average molecular weight is 221 g/mol. The van der Waals surface area contributed by atoms with E-state index < -0.39 is 0 Å². The second-order valence-corrected chi connectivity index (χ2v) is 4.37. The van der Waals surface area contributed by atoms with Crippen LogP contribution in [0.3, 0.4) is 0 Å². The molecule has 1 aliphatic heterocycles. The van der Waals surface area contributed by atoms with Crippen molar-refractivity contribution in [3.05, 3.63) is 34.9 Å². The van der Waals surface area contributed by atoms with Gasteiger partial charge < -0.3 is 15.2 Å². The fourth-order valence-corrected chi connectivity index (χ4v) is 2.11. The summed E-state index contributed by atoms with van der Waals surface area (Å²) in [5, 5.41) is 0. The highest BCUT2D eigenvalue weighted by molar-refractivity contribution is 5.33. The molecule has 2 atom stereocenters. The number of nitrogens with two attached hydrogens (primary N) is 1. The predicted molar refractivity (Wildman–Crippen MR) is 63.4 cm³/mol. The summed E-state index contributed by atoms with van der Waals surface area (Å²) in [7, 11) is 0. The molecule has 88 valence electrons. The van der Waals surface area contributed by atoms with Crippen LogP contribution in [0.2, 0.25) is 0 Å². The van der Waals surface area contributed by atoms with E-state index in [0.29, 0.717) is 19.8 Å². The lowest BCUT2D eigenvalue weighted by Crippen LogP contribution is -2.38. The van der Waals surface area contributed by atoms with E-state index in [4.69, 9.17) is 15.2 Å². The number of hydrogen-bond donors (Lipinski definition) is 1. The maximum absolute atomic E-state index is 6.22. The largest absolute Gasteiger partial charge is 0.376 e. The predicted octanol–water partition coefficient (Wildman–Crippen LogP) is 1.72. The molecule has 2 unspecified atom stereocenters. The van der Waals surface area contributed by atoms with Gasteiger partial charge in [0.15, 0.2) is 0 Å². The number of ether oxygens (including phenoxy) is 2. The summed E-state index contributed by atoms with van der Waals surface area (Å²) in [4.78, 5) is 0. The highest BCUT2D eigenvalue weighted by Gasteiger charge is 2.24. The minimum Gasteiger partial charge on any atom is -0.376 e. The Kier molecular flexibility index (Phi) is 3.59. The topological polar surface area (TPSA) is 44.5 Å². The molecule has 1 aromatic carbocycles. The molecule has 0 bridgehead atoms. The van der Waals surface area contributed by atoms with Crippen LogP contribution in [0.4, 0.5) is 0 Å². The maximum Gasteiger partial charge on any atom is 0.100 e. The molecular formula is C13H19NO2. The third-order valence-corrected chi connectivity index (χ3v) is 3.03. The Morgan fingerprint density at radius 1 is 1.31 bits per heavy atom. The Morgan fingerprint density at radius 2 is 2.12 bits per heavy atom. The highest BCUT2D eigenvalue weighted by atomic mass is 16.6. The molecule has 2 rings (SSSR count). The third kappa shape index (κ3) is 2.43. The molecule has 0 spiro atoms. The van der Waals surface area contributed by atoms with Crippen LogP contribution in [0.5, 0.6) is 0 Å². The van der Waals surface area contributed by atoms with Crippen molar-refractivity contribution < 1.29 is 9.47 Å². The van der Waals surface area contributed by atoms with Gasteiger partial charge in [-0.1, -0.05) is 23.8 Å². The van der Waals surface area contributed by atoms with Crippen LogP contribution in [0.25, 0.3) is 0 Å². The fourth-order valence-electron chi connectivity index (χ4n) is 2.11. The Balaban J connectivity index is 2.15. The zero-order valence-electron chi connectivity index (χ0n) is 9.90. The molecule has 0 aliphatic carbocycles. The molecule has 1 aliphatic rings. The van der Waals surface area contributed by atoms with Gasteiger partial charge in [-0.15, -0.1) is 0 Å². The van der Waals surface area contributed by atoms with Gasteiger partial charge in [0.2, 0.25) is 0 Å². The Labute approximate surface area is 96.5 Å². The van der Waals surface area contributed by atoms with Crippen molar-refractivity contribution >= 4 is 0 Å². The third-order valence-electron chi connectivity index (χ3n) is 3.03. The molecule has 2 N–H and O–H groups in total. The molecule has 1 heterocycles. The summed E-state index contributed by atoms with van der Waals surface area (Å²) in [5.74, 6) is 0. The van der Waals surface area contributed by atoms with Gasteiger partial charge in [-0.05, 0) is 25.0 Å². The molecular weight excluding hydrogens is 202 g/mol. The zero-order chi connectivity index (χ0) is 11.5. The molecule has 0 amide bonds. The Hall–Kier alpha value is -0.900. The van der Waals surface area contributed by atoms with Crippen LogP contribution in [-0.4, -0.2) is 25.9 Å². The normalized spacial score (nSPS) is 23.1. The van der Waals surface area contributed by atoms with E-state index in [1.54, 1.807) is 0 Å². The van der Waals surface area contributed by atoms with Crippen molar-refractivity contribution in [1.82, 2.24) is 0 Å². The number of benzene rings is 1. The molecule has 0 radical (unpaired) electrons. The molecule has 3 heteroatoms. The first-order valence-corrected chi connectivity index (χ1v) is 5.70. The molecule has 1 saturated heterocycles. The van der Waals surface area contributed by atoms with Gasteiger partial charge in [-0.3, -0.25) is 0 Å². The van der Waals surface area contributed by atoms with Gasteiger partial charge in [-0.25, -0.2) is 0 Å². The van der Waals surface area contributed by atoms with Gasteiger partial charge >= 0.3 is 0 Å². The highest BCUT2D eigenvalue weighted by Crippen LogP contribution is 2.23. The van der Waals surface area contributed by atoms with E-state index in [1.165, 1.54) is 11.1 Å². The lowest BCUT2D eigenvalue weighted by molar-refractivity contribution is -0.0976. The van der Waals surface area contributed by atoms with Gasteiger partial charge in [0.1, 0.15) is 6.10 Å². The lowest BCUT2D eigenvalue weighted by Gasteiger charge is -2.29. The molecule has 1 fully saturated rings. The van der Waals surface area contributed by atoms with Gasteiger partial charge in [0, 0.05) is 0 Å². The lowest BCUT2D eigenvalue weighted by atomic mass is 9.96. The van der Waals surface area contributed by atoms with Gasteiger partial charge in [0.05, 0.1) is 25.9 Å². The average Bonchev–Trinajstić information content (AvgIpc) is 2.29. The van der Waals surface area contributed by atoms with Crippen LogP contribution in [0.15, 0.2) is 18.2 Å². The first-order chi connectivity index (χ1) is 7.68. The number of hydrogen-bond acceptors (Lipinski definition) is 3. The van der Waals surface area contributed by atoms with Crippen LogP contribution in [0.1, 0.15) is 22.7 Å². The fraction of sp³-hybridized carbons (Fsp3) is 0.538. The van der Waals surface area contributed by atoms with Crippen molar-refractivity contribution in [2.75, 3.05) is 19.8 Å². The minimum absolute atomic E-state index is 0.0184. The van der Waals surface area contributed by atoms with E-state index in [1.807, 2.05) is 0 Å². The van der Waals surface area contributed by atoms with Crippen molar-refractivity contribution in [3.8, 4) is 0 Å². The summed E-state index contributed by atoms with van der Waals surface area (Å²) in [6, 6.07) is 6.24. The molecule has 3 nitrogen and oxygen atoms in total. The zero-order valence-corrected chi connectivity index (χ0v) is 9.90. The molecule has 0 saturated carbocycles. The van der Waals surface area contributed by atoms with Crippen LogP contribution < -0.4 is 5.73 Å². The summed E-state index contributed by atoms with van der Waals surface area (Å²) < 4.78 is 11.0. The van der Waals surface area contributed by atoms with Crippen LogP contribution in [0, 0.1) is 13.8 Å². The van der Waals surface area contributed by atoms with E-state index in [-0.39, 0.29) is 12.1 Å². The first kappa shape index (κ1) is 11.6. The maximum atomic E-state index is 6.22. The summed E-state index contributed by atoms with van der Waals surface area (Å²) in [6.07, 6.45) is -0.0184. The number of rotatable bonds is 2. The molecule has 0 aromatic heterocycles. The minimum atomic E-state index is -0.0964. The van der Waals surface area contributed by atoms with E-state index >= 15 is 0 Å². The van der Waals surface area contributed by atoms with Crippen LogP contribution in [-0.2, 0) is 9.47 Å². The van der Waals surface area contributed by atoms with Crippen molar-refractivity contribution in [2.24, 2.45) is 5.73 Å². The number of aryl methyl sites for hydroxylation is 2.